The summed E-state index contributed by atoms with van der Waals surface area (Å²) in [6, 6.07) is 0. The second kappa shape index (κ2) is 4.26. The molecular formula is C7H11N5O2. The van der Waals surface area contributed by atoms with E-state index in [-0.39, 0.29) is 0 Å². The fourth-order valence-corrected chi connectivity index (χ4v) is 0.741. The van der Waals surface area contributed by atoms with Crippen LogP contribution in [0.25, 0.3) is 0 Å². The number of nitrogens with one attached hydrogen (secondary N) is 1. The van der Waals surface area contributed by atoms with Crippen LogP contribution in [0.4, 0.5) is 10.5 Å². The van der Waals surface area contributed by atoms with Crippen molar-refractivity contribution < 1.29 is 9.90 Å². The van der Waals surface area contributed by atoms with Crippen molar-refractivity contribution in [2.75, 3.05) is 19.1 Å². The summed E-state index contributed by atoms with van der Waals surface area (Å²) in [7, 11) is 3.50. The zero-order valence-electron chi connectivity index (χ0n) is 7.88. The summed E-state index contributed by atoms with van der Waals surface area (Å²) in [6.07, 6.45) is 3.05. The van der Waals surface area contributed by atoms with Gasteiger partial charge in [0.2, 0.25) is 0 Å². The van der Waals surface area contributed by atoms with Crippen LogP contribution in [0.1, 0.15) is 0 Å². The van der Waals surface area contributed by atoms with E-state index in [1.165, 1.54) is 18.7 Å². The van der Waals surface area contributed by atoms with Crippen LogP contribution >= 0.6 is 0 Å². The number of hydrogen-bond donors (Lipinski definition) is 2. The van der Waals surface area contributed by atoms with Gasteiger partial charge in [0.1, 0.15) is 12.0 Å². The molecule has 0 aromatic carbocycles. The third-order valence-corrected chi connectivity index (χ3v) is 1.31. The van der Waals surface area contributed by atoms with Gasteiger partial charge in [0.25, 0.3) is 0 Å². The van der Waals surface area contributed by atoms with Gasteiger partial charge >= 0.3 is 6.09 Å². The molecule has 0 saturated heterocycles. The first-order valence-corrected chi connectivity index (χ1v) is 3.83. The largest absolute Gasteiger partial charge is 0.463 e. The van der Waals surface area contributed by atoms with E-state index < -0.39 is 6.09 Å². The number of carboxylic acid groups (broad SMARTS) is 1. The highest BCUT2D eigenvalue weighted by Gasteiger charge is 2.13. The van der Waals surface area contributed by atoms with Gasteiger partial charge < -0.3 is 10.0 Å². The van der Waals surface area contributed by atoms with Gasteiger partial charge in [-0.1, -0.05) is 0 Å². The van der Waals surface area contributed by atoms with Crippen molar-refractivity contribution in [3.63, 3.8) is 0 Å². The first-order chi connectivity index (χ1) is 6.61. The summed E-state index contributed by atoms with van der Waals surface area (Å²) in [4.78, 5) is 12.4. The van der Waals surface area contributed by atoms with Crippen molar-refractivity contribution in [2.24, 2.45) is 5.10 Å². The molecule has 0 radical (unpaired) electrons. The van der Waals surface area contributed by atoms with Crippen LogP contribution in [0.5, 0.6) is 0 Å². The maximum Gasteiger partial charge on any atom is 0.432 e. The number of aromatic nitrogens is 2. The SMILES string of the molecule is CN(C)C=NN(C(=O)O)c1cn[nH]c1. The number of H-pyrrole nitrogens is 1. The van der Waals surface area contributed by atoms with Crippen LogP contribution in [0.15, 0.2) is 17.5 Å². The molecule has 1 rings (SSSR count). The van der Waals surface area contributed by atoms with Gasteiger partial charge in [-0.15, -0.1) is 0 Å². The van der Waals surface area contributed by atoms with Crippen molar-refractivity contribution in [1.29, 1.82) is 0 Å². The normalized spacial score (nSPS) is 10.4. The average Bonchev–Trinajstić information content (AvgIpc) is 2.56. The van der Waals surface area contributed by atoms with Crippen LogP contribution in [0.2, 0.25) is 0 Å². The van der Waals surface area contributed by atoms with E-state index in [1.807, 2.05) is 0 Å². The van der Waals surface area contributed by atoms with E-state index in [0.29, 0.717) is 5.69 Å². The first-order valence-electron chi connectivity index (χ1n) is 3.83. The van der Waals surface area contributed by atoms with Crippen molar-refractivity contribution in [2.45, 2.75) is 0 Å². The summed E-state index contributed by atoms with van der Waals surface area (Å²) in [5.74, 6) is 0. The van der Waals surface area contributed by atoms with E-state index in [4.69, 9.17) is 5.11 Å². The fraction of sp³-hybridized carbons (Fsp3) is 0.286. The summed E-state index contributed by atoms with van der Waals surface area (Å²) in [6.45, 7) is 0. The quantitative estimate of drug-likeness (QED) is 0.417. The van der Waals surface area contributed by atoms with Crippen molar-refractivity contribution in [3.05, 3.63) is 12.4 Å². The zero-order chi connectivity index (χ0) is 10.6. The molecule has 7 heteroatoms. The Kier molecular flexibility index (Phi) is 3.05. The maximum atomic E-state index is 10.8. The molecule has 0 fully saturated rings. The van der Waals surface area contributed by atoms with Crippen molar-refractivity contribution >= 4 is 18.1 Å². The van der Waals surface area contributed by atoms with E-state index >= 15 is 0 Å². The molecule has 76 valence electrons. The Bertz CT molecular complexity index is 319. The lowest BCUT2D eigenvalue weighted by Crippen LogP contribution is -2.24. The Morgan fingerprint density at radius 2 is 2.43 bits per heavy atom. The maximum absolute atomic E-state index is 10.8. The molecule has 0 aliphatic rings. The van der Waals surface area contributed by atoms with Gasteiger partial charge in [0.05, 0.1) is 6.20 Å². The van der Waals surface area contributed by atoms with Crippen LogP contribution in [-0.2, 0) is 0 Å². The summed E-state index contributed by atoms with van der Waals surface area (Å²) < 4.78 is 0. The molecule has 1 aromatic heterocycles. The minimum Gasteiger partial charge on any atom is -0.463 e. The highest BCUT2D eigenvalue weighted by atomic mass is 16.4. The number of rotatable bonds is 3. The van der Waals surface area contributed by atoms with Crippen LogP contribution in [0.3, 0.4) is 0 Å². The molecule has 0 aliphatic carbocycles. The van der Waals surface area contributed by atoms with Crippen LogP contribution < -0.4 is 5.01 Å². The lowest BCUT2D eigenvalue weighted by Gasteiger charge is -2.11. The monoisotopic (exact) mass is 197 g/mol. The number of anilines is 1. The Labute approximate surface area is 80.6 Å². The smallest absolute Gasteiger partial charge is 0.432 e. The number of hydrazone groups is 1. The van der Waals surface area contributed by atoms with Crippen LogP contribution in [-0.4, -0.2) is 46.7 Å². The Balaban J connectivity index is 2.81. The molecule has 0 saturated carbocycles. The second-order valence-corrected chi connectivity index (χ2v) is 2.75. The third kappa shape index (κ3) is 2.47. The molecule has 0 spiro atoms. The number of amides is 1. The highest BCUT2D eigenvalue weighted by Crippen LogP contribution is 2.10. The minimum absolute atomic E-state index is 0.371. The summed E-state index contributed by atoms with van der Waals surface area (Å²) >= 11 is 0. The molecule has 14 heavy (non-hydrogen) atoms. The second-order valence-electron chi connectivity index (χ2n) is 2.75. The Morgan fingerprint density at radius 1 is 1.71 bits per heavy atom. The molecule has 0 unspecified atom stereocenters. The van der Waals surface area contributed by atoms with Gasteiger partial charge in [-0.2, -0.15) is 15.2 Å². The molecule has 0 atom stereocenters. The molecule has 1 amide bonds. The zero-order valence-corrected chi connectivity index (χ0v) is 7.88. The number of hydrogen-bond acceptors (Lipinski definition) is 3. The third-order valence-electron chi connectivity index (χ3n) is 1.31. The molecular weight excluding hydrogens is 186 g/mol. The van der Waals surface area contributed by atoms with Gasteiger partial charge in [0, 0.05) is 20.3 Å². The highest BCUT2D eigenvalue weighted by molar-refractivity contribution is 5.86. The van der Waals surface area contributed by atoms with Gasteiger partial charge in [-0.05, 0) is 0 Å². The molecule has 1 heterocycles. The first kappa shape index (κ1) is 10.0. The van der Waals surface area contributed by atoms with E-state index in [2.05, 4.69) is 15.3 Å². The predicted molar refractivity (Wildman–Crippen MR) is 51.3 cm³/mol. The lowest BCUT2D eigenvalue weighted by atomic mass is 10.6. The minimum atomic E-state index is -1.16. The molecule has 2 N–H and O–H groups in total. The Hall–Kier alpha value is -2.05. The van der Waals surface area contributed by atoms with Crippen molar-refractivity contribution in [1.82, 2.24) is 15.1 Å². The van der Waals surface area contributed by atoms with E-state index in [9.17, 15) is 4.79 Å². The van der Waals surface area contributed by atoms with Crippen LogP contribution in [0, 0.1) is 0 Å². The van der Waals surface area contributed by atoms with Crippen molar-refractivity contribution in [3.8, 4) is 0 Å². The standard InChI is InChI=1S/C7H11N5O2/c1-11(2)5-10-12(7(13)14)6-3-8-9-4-6/h3-5H,1-2H3,(H,8,9)(H,13,14). The van der Waals surface area contributed by atoms with Gasteiger partial charge in [-0.3, -0.25) is 5.10 Å². The molecule has 7 nitrogen and oxygen atoms in total. The molecule has 1 aromatic rings. The van der Waals surface area contributed by atoms with E-state index in [1.54, 1.807) is 19.0 Å². The van der Waals surface area contributed by atoms with Gasteiger partial charge in [0.15, 0.2) is 0 Å². The number of nitrogens with zero attached hydrogens (tertiary/aromatic N) is 4. The van der Waals surface area contributed by atoms with Gasteiger partial charge in [-0.25, -0.2) is 4.79 Å². The average molecular weight is 197 g/mol. The topological polar surface area (TPSA) is 84.8 Å². The predicted octanol–water partition coefficient (Wildman–Crippen LogP) is 0.399. The summed E-state index contributed by atoms with van der Waals surface area (Å²) in [5, 5.41) is 19.5. The number of aromatic amines is 1. The van der Waals surface area contributed by atoms with E-state index in [0.717, 1.165) is 5.01 Å². The molecule has 0 aliphatic heterocycles. The number of carbonyl (C=O) groups is 1. The Morgan fingerprint density at radius 3 is 2.86 bits per heavy atom. The summed E-state index contributed by atoms with van der Waals surface area (Å²) in [5.41, 5.74) is 0.371. The molecule has 0 bridgehead atoms. The lowest BCUT2D eigenvalue weighted by molar-refractivity contribution is 0.202. The fourth-order valence-electron chi connectivity index (χ4n) is 0.741.